The van der Waals surface area contributed by atoms with Gasteiger partial charge in [-0.2, -0.15) is 0 Å². The molecule has 1 fully saturated rings. The molecule has 1 aliphatic rings. The van der Waals surface area contributed by atoms with E-state index in [1.165, 1.54) is 0 Å². The van der Waals surface area contributed by atoms with Crippen LogP contribution < -0.4 is 0 Å². The summed E-state index contributed by atoms with van der Waals surface area (Å²) in [5.41, 5.74) is -0.769. The molecule has 1 saturated carbocycles. The minimum atomic E-state index is -0.769. The summed E-state index contributed by atoms with van der Waals surface area (Å²) in [4.78, 5) is 15.5. The molecule has 4 nitrogen and oxygen atoms in total. The van der Waals surface area contributed by atoms with Crippen molar-refractivity contribution >= 4 is 5.97 Å². The summed E-state index contributed by atoms with van der Waals surface area (Å²) in [5.74, 6) is -0.564. The Morgan fingerprint density at radius 1 is 1.60 bits per heavy atom. The Hall–Kier alpha value is -1.32. The number of hydrogen-bond donors (Lipinski definition) is 1. The van der Waals surface area contributed by atoms with Gasteiger partial charge < -0.3 is 9.67 Å². The molecule has 0 radical (unpaired) electrons. The Labute approximate surface area is 88.9 Å². The lowest BCUT2D eigenvalue weighted by Crippen LogP contribution is -2.48. The van der Waals surface area contributed by atoms with Crippen LogP contribution in [0, 0.1) is 5.92 Å². The van der Waals surface area contributed by atoms with Crippen molar-refractivity contribution in [2.24, 2.45) is 5.92 Å². The number of carboxylic acid groups (broad SMARTS) is 1. The molecule has 0 bridgehead atoms. The topological polar surface area (TPSA) is 55.1 Å². The fourth-order valence-corrected chi connectivity index (χ4v) is 2.64. The van der Waals surface area contributed by atoms with Crippen molar-refractivity contribution in [2.45, 2.75) is 38.1 Å². The number of imidazole rings is 1. The fraction of sp³-hybridized carbons (Fsp3) is 0.636. The van der Waals surface area contributed by atoms with Crippen molar-refractivity contribution in [3.05, 3.63) is 18.7 Å². The van der Waals surface area contributed by atoms with Gasteiger partial charge in [0.15, 0.2) is 0 Å². The van der Waals surface area contributed by atoms with Gasteiger partial charge in [-0.25, -0.2) is 9.78 Å². The van der Waals surface area contributed by atoms with Crippen molar-refractivity contribution in [3.63, 3.8) is 0 Å². The number of hydrogen-bond acceptors (Lipinski definition) is 2. The number of rotatable bonds is 2. The van der Waals surface area contributed by atoms with Gasteiger partial charge in [-0.05, 0) is 18.8 Å². The molecule has 2 atom stereocenters. The van der Waals surface area contributed by atoms with E-state index < -0.39 is 11.5 Å². The van der Waals surface area contributed by atoms with Gasteiger partial charge in [-0.15, -0.1) is 0 Å². The van der Waals surface area contributed by atoms with E-state index in [0.717, 1.165) is 19.3 Å². The molecule has 1 aromatic rings. The SMILES string of the molecule is CC1CCCCC1(C(=O)O)n1ccnc1. The highest BCUT2D eigenvalue weighted by molar-refractivity contribution is 5.77. The lowest BCUT2D eigenvalue weighted by Gasteiger charge is -2.39. The largest absolute Gasteiger partial charge is 0.479 e. The maximum Gasteiger partial charge on any atom is 0.330 e. The van der Waals surface area contributed by atoms with Crippen LogP contribution in [0.2, 0.25) is 0 Å². The molecule has 0 aliphatic heterocycles. The minimum Gasteiger partial charge on any atom is -0.479 e. The summed E-state index contributed by atoms with van der Waals surface area (Å²) in [6.07, 6.45) is 8.82. The monoisotopic (exact) mass is 208 g/mol. The third-order valence-electron chi connectivity index (χ3n) is 3.60. The van der Waals surface area contributed by atoms with Gasteiger partial charge in [0.05, 0.1) is 6.33 Å². The maximum atomic E-state index is 11.5. The first-order valence-electron chi connectivity index (χ1n) is 5.40. The van der Waals surface area contributed by atoms with E-state index in [-0.39, 0.29) is 5.92 Å². The molecular weight excluding hydrogens is 192 g/mol. The maximum absolute atomic E-state index is 11.5. The lowest BCUT2D eigenvalue weighted by atomic mass is 9.73. The molecule has 1 aromatic heterocycles. The van der Waals surface area contributed by atoms with Gasteiger partial charge in [0.2, 0.25) is 0 Å². The molecule has 1 N–H and O–H groups in total. The Morgan fingerprint density at radius 2 is 2.40 bits per heavy atom. The number of nitrogens with zero attached hydrogens (tertiary/aromatic N) is 2. The molecule has 2 rings (SSSR count). The molecule has 0 saturated heterocycles. The zero-order valence-electron chi connectivity index (χ0n) is 8.89. The van der Waals surface area contributed by atoms with E-state index in [0.29, 0.717) is 6.42 Å². The van der Waals surface area contributed by atoms with Gasteiger partial charge in [-0.3, -0.25) is 0 Å². The average Bonchev–Trinajstić information content (AvgIpc) is 2.71. The Balaban J connectivity index is 2.43. The fourth-order valence-electron chi connectivity index (χ4n) is 2.64. The van der Waals surface area contributed by atoms with Crippen LogP contribution in [0.3, 0.4) is 0 Å². The van der Waals surface area contributed by atoms with Crippen LogP contribution >= 0.6 is 0 Å². The summed E-state index contributed by atoms with van der Waals surface area (Å²) in [6.45, 7) is 2.02. The Kier molecular flexibility index (Phi) is 2.50. The molecule has 0 amide bonds. The normalized spacial score (nSPS) is 31.4. The second kappa shape index (κ2) is 3.68. The van der Waals surface area contributed by atoms with Crippen LogP contribution in [0.15, 0.2) is 18.7 Å². The Morgan fingerprint density at radius 3 is 2.93 bits per heavy atom. The van der Waals surface area contributed by atoms with Crippen molar-refractivity contribution in [1.82, 2.24) is 9.55 Å². The third kappa shape index (κ3) is 1.44. The Bertz CT molecular complexity index is 347. The predicted molar refractivity (Wildman–Crippen MR) is 55.5 cm³/mol. The highest BCUT2D eigenvalue weighted by Gasteiger charge is 2.46. The van der Waals surface area contributed by atoms with Crippen LogP contribution in [0.1, 0.15) is 32.6 Å². The quantitative estimate of drug-likeness (QED) is 0.807. The van der Waals surface area contributed by atoms with Crippen molar-refractivity contribution < 1.29 is 9.90 Å². The average molecular weight is 208 g/mol. The molecule has 82 valence electrons. The van der Waals surface area contributed by atoms with Gasteiger partial charge in [0.25, 0.3) is 0 Å². The van der Waals surface area contributed by atoms with Crippen LogP contribution in [-0.4, -0.2) is 20.6 Å². The zero-order chi connectivity index (χ0) is 10.9. The second-order valence-electron chi connectivity index (χ2n) is 4.35. The molecule has 2 unspecified atom stereocenters. The number of carbonyl (C=O) groups is 1. The highest BCUT2D eigenvalue weighted by Crippen LogP contribution is 2.39. The minimum absolute atomic E-state index is 0.165. The van der Waals surface area contributed by atoms with Gasteiger partial charge in [-0.1, -0.05) is 19.8 Å². The summed E-state index contributed by atoms with van der Waals surface area (Å²) in [7, 11) is 0. The van der Waals surface area contributed by atoms with Crippen molar-refractivity contribution in [2.75, 3.05) is 0 Å². The molecule has 1 heterocycles. The van der Waals surface area contributed by atoms with E-state index >= 15 is 0 Å². The zero-order valence-corrected chi connectivity index (χ0v) is 8.89. The van der Waals surface area contributed by atoms with Gasteiger partial charge >= 0.3 is 5.97 Å². The van der Waals surface area contributed by atoms with Crippen LogP contribution in [0.4, 0.5) is 0 Å². The van der Waals surface area contributed by atoms with E-state index in [1.807, 2.05) is 6.92 Å². The molecule has 4 heteroatoms. The molecule has 1 aliphatic carbocycles. The molecule has 15 heavy (non-hydrogen) atoms. The summed E-state index contributed by atoms with van der Waals surface area (Å²) < 4.78 is 1.76. The smallest absolute Gasteiger partial charge is 0.330 e. The summed E-state index contributed by atoms with van der Waals surface area (Å²) in [6, 6.07) is 0. The predicted octanol–water partition coefficient (Wildman–Crippen LogP) is 1.87. The number of carboxylic acids is 1. The van der Waals surface area contributed by atoms with E-state index in [2.05, 4.69) is 4.98 Å². The van der Waals surface area contributed by atoms with Crippen molar-refractivity contribution in [1.29, 1.82) is 0 Å². The number of aliphatic carboxylic acids is 1. The highest BCUT2D eigenvalue weighted by atomic mass is 16.4. The first kappa shape index (κ1) is 10.2. The second-order valence-corrected chi connectivity index (χ2v) is 4.35. The first-order valence-corrected chi connectivity index (χ1v) is 5.40. The lowest BCUT2D eigenvalue weighted by molar-refractivity contribution is -0.152. The van der Waals surface area contributed by atoms with E-state index in [9.17, 15) is 9.90 Å². The van der Waals surface area contributed by atoms with Crippen LogP contribution in [-0.2, 0) is 10.3 Å². The summed E-state index contributed by atoms with van der Waals surface area (Å²) >= 11 is 0. The third-order valence-corrected chi connectivity index (χ3v) is 3.60. The molecule has 0 aromatic carbocycles. The van der Waals surface area contributed by atoms with Gasteiger partial charge in [0.1, 0.15) is 5.54 Å². The summed E-state index contributed by atoms with van der Waals surface area (Å²) in [5, 5.41) is 9.48. The first-order chi connectivity index (χ1) is 7.18. The molecular formula is C11H16N2O2. The van der Waals surface area contributed by atoms with Gasteiger partial charge in [0, 0.05) is 12.4 Å². The molecule has 0 spiro atoms. The van der Waals surface area contributed by atoms with Crippen molar-refractivity contribution in [3.8, 4) is 0 Å². The number of aromatic nitrogens is 2. The van der Waals surface area contributed by atoms with E-state index in [4.69, 9.17) is 0 Å². The standard InChI is InChI=1S/C11H16N2O2/c1-9-4-2-3-5-11(9,10(14)15)13-7-6-12-8-13/h6-9H,2-5H2,1H3,(H,14,15). The van der Waals surface area contributed by atoms with Crippen LogP contribution in [0.5, 0.6) is 0 Å². The van der Waals surface area contributed by atoms with Crippen LogP contribution in [0.25, 0.3) is 0 Å². The van der Waals surface area contributed by atoms with E-state index in [1.54, 1.807) is 23.3 Å².